The zero-order chi connectivity index (χ0) is 15.2. The monoisotopic (exact) mass is 292 g/mol. The van der Waals surface area contributed by atoms with Crippen molar-refractivity contribution in [2.24, 2.45) is 5.92 Å². The van der Waals surface area contributed by atoms with Gasteiger partial charge in [-0.1, -0.05) is 20.8 Å². The molecule has 21 heavy (non-hydrogen) atoms. The number of hydrogen-bond donors (Lipinski definition) is 1. The lowest BCUT2D eigenvalue weighted by Crippen LogP contribution is -2.34. The second-order valence-electron chi connectivity index (χ2n) is 5.76. The van der Waals surface area contributed by atoms with Gasteiger partial charge in [0.15, 0.2) is 0 Å². The van der Waals surface area contributed by atoms with Crippen molar-refractivity contribution in [1.29, 1.82) is 0 Å². The minimum Gasteiger partial charge on any atom is -0.376 e. The van der Waals surface area contributed by atoms with Crippen molar-refractivity contribution < 1.29 is 9.53 Å². The molecule has 0 saturated carbocycles. The van der Waals surface area contributed by atoms with E-state index in [0.29, 0.717) is 18.2 Å². The van der Waals surface area contributed by atoms with Gasteiger partial charge in [0.1, 0.15) is 5.82 Å². The zero-order valence-electron chi connectivity index (χ0n) is 13.0. The van der Waals surface area contributed by atoms with Gasteiger partial charge >= 0.3 is 6.03 Å². The normalized spacial score (nSPS) is 18.3. The van der Waals surface area contributed by atoms with Crippen LogP contribution in [0.4, 0.5) is 10.5 Å². The summed E-state index contributed by atoms with van der Waals surface area (Å²) < 4.78 is 5.78. The van der Waals surface area contributed by atoms with Gasteiger partial charge in [-0.25, -0.2) is 14.8 Å². The topological polar surface area (TPSA) is 67.4 Å². The summed E-state index contributed by atoms with van der Waals surface area (Å²) >= 11 is 0. The summed E-state index contributed by atoms with van der Waals surface area (Å²) in [5.41, 5.74) is 0.628. The number of rotatable bonds is 5. The van der Waals surface area contributed by atoms with Crippen molar-refractivity contribution >= 4 is 11.7 Å². The quantitative estimate of drug-likeness (QED) is 0.904. The van der Waals surface area contributed by atoms with E-state index in [1.807, 2.05) is 6.92 Å². The Hall–Kier alpha value is -1.69. The fraction of sp³-hybridized carbons (Fsp3) is 0.667. The maximum absolute atomic E-state index is 12.2. The molecule has 0 radical (unpaired) electrons. The van der Waals surface area contributed by atoms with E-state index in [9.17, 15) is 4.79 Å². The first kappa shape index (κ1) is 15.7. The van der Waals surface area contributed by atoms with Crippen LogP contribution in [0.1, 0.15) is 33.0 Å². The van der Waals surface area contributed by atoms with Crippen LogP contribution in [0.5, 0.6) is 0 Å². The summed E-state index contributed by atoms with van der Waals surface area (Å²) in [6.07, 6.45) is 5.12. The maximum atomic E-state index is 12.2. The van der Waals surface area contributed by atoms with E-state index in [-0.39, 0.29) is 12.1 Å². The van der Waals surface area contributed by atoms with Gasteiger partial charge in [-0.15, -0.1) is 0 Å². The number of likely N-dealkylation sites (tertiary alicyclic amines) is 1. The van der Waals surface area contributed by atoms with Crippen LogP contribution in [0.3, 0.4) is 0 Å². The molecule has 2 heterocycles. The first-order valence-electron chi connectivity index (χ1n) is 7.57. The van der Waals surface area contributed by atoms with Crippen LogP contribution in [0.2, 0.25) is 0 Å². The smallest absolute Gasteiger partial charge is 0.322 e. The number of aromatic nitrogens is 2. The summed E-state index contributed by atoms with van der Waals surface area (Å²) in [5, 5.41) is 2.83. The molecule has 0 aliphatic carbocycles. The molecule has 116 valence electrons. The number of carbonyl (C=O) groups is 1. The molecule has 0 spiro atoms. The van der Waals surface area contributed by atoms with Gasteiger partial charge in [0, 0.05) is 26.1 Å². The molecule has 1 aliphatic heterocycles. The Morgan fingerprint density at radius 1 is 1.48 bits per heavy atom. The largest absolute Gasteiger partial charge is 0.376 e. The first-order valence-corrected chi connectivity index (χ1v) is 7.57. The van der Waals surface area contributed by atoms with E-state index in [0.717, 1.165) is 31.8 Å². The number of anilines is 1. The molecule has 2 amide bonds. The highest BCUT2D eigenvalue weighted by atomic mass is 16.5. The SMILES string of the molecule is CCc1ncc(NC(=O)N2CCC(OCC(C)C)C2)cn1. The Morgan fingerprint density at radius 2 is 2.19 bits per heavy atom. The van der Waals surface area contributed by atoms with Crippen molar-refractivity contribution in [2.75, 3.05) is 25.0 Å². The number of carbonyl (C=O) groups excluding carboxylic acids is 1. The van der Waals surface area contributed by atoms with Crippen molar-refractivity contribution in [3.05, 3.63) is 18.2 Å². The molecule has 0 aromatic carbocycles. The molecule has 1 saturated heterocycles. The number of urea groups is 1. The molecule has 1 unspecified atom stereocenters. The summed E-state index contributed by atoms with van der Waals surface area (Å²) in [6, 6.07) is -0.113. The molecule has 6 heteroatoms. The van der Waals surface area contributed by atoms with Crippen LogP contribution in [0.25, 0.3) is 0 Å². The minimum absolute atomic E-state index is 0.113. The van der Waals surface area contributed by atoms with Crippen molar-refractivity contribution in [2.45, 2.75) is 39.7 Å². The van der Waals surface area contributed by atoms with Crippen LogP contribution in [0, 0.1) is 5.92 Å². The average molecular weight is 292 g/mol. The molecule has 2 rings (SSSR count). The van der Waals surface area contributed by atoms with Crippen LogP contribution >= 0.6 is 0 Å². The predicted molar refractivity (Wildman–Crippen MR) is 81.2 cm³/mol. The first-order chi connectivity index (χ1) is 10.1. The van der Waals surface area contributed by atoms with Crippen LogP contribution < -0.4 is 5.32 Å². The Balaban J connectivity index is 1.81. The number of nitrogens with zero attached hydrogens (tertiary/aromatic N) is 3. The number of ether oxygens (including phenoxy) is 1. The lowest BCUT2D eigenvalue weighted by Gasteiger charge is -2.18. The van der Waals surface area contributed by atoms with Gasteiger partial charge in [0.25, 0.3) is 0 Å². The molecule has 0 bridgehead atoms. The summed E-state index contributed by atoms with van der Waals surface area (Å²) in [4.78, 5) is 22.3. The van der Waals surface area contributed by atoms with Crippen molar-refractivity contribution in [3.8, 4) is 0 Å². The van der Waals surface area contributed by atoms with Gasteiger partial charge in [-0.2, -0.15) is 0 Å². The third-order valence-electron chi connectivity index (χ3n) is 3.37. The highest BCUT2D eigenvalue weighted by Crippen LogP contribution is 2.15. The summed E-state index contributed by atoms with van der Waals surface area (Å²) in [6.45, 7) is 8.36. The molecule has 6 nitrogen and oxygen atoms in total. The van der Waals surface area contributed by atoms with Crippen LogP contribution in [-0.4, -0.2) is 46.7 Å². The van der Waals surface area contributed by atoms with Gasteiger partial charge in [-0.05, 0) is 12.3 Å². The molecule has 1 fully saturated rings. The van der Waals surface area contributed by atoms with Gasteiger partial charge in [0.05, 0.1) is 24.2 Å². The average Bonchev–Trinajstić information content (AvgIpc) is 2.95. The Kier molecular flexibility index (Phi) is 5.50. The van der Waals surface area contributed by atoms with Crippen molar-refractivity contribution in [3.63, 3.8) is 0 Å². The minimum atomic E-state index is -0.113. The Morgan fingerprint density at radius 3 is 2.81 bits per heavy atom. The third kappa shape index (κ3) is 4.67. The number of amides is 2. The Bertz CT molecular complexity index is 461. The van der Waals surface area contributed by atoms with Crippen molar-refractivity contribution in [1.82, 2.24) is 14.9 Å². The highest BCUT2D eigenvalue weighted by Gasteiger charge is 2.27. The highest BCUT2D eigenvalue weighted by molar-refractivity contribution is 5.89. The molecule has 1 atom stereocenters. The van der Waals surface area contributed by atoms with E-state index in [4.69, 9.17) is 4.74 Å². The van der Waals surface area contributed by atoms with E-state index >= 15 is 0 Å². The Labute approximate surface area is 125 Å². The standard InChI is InChI=1S/C15H24N4O2/c1-4-14-16-7-12(8-17-14)18-15(20)19-6-5-13(9-19)21-10-11(2)3/h7-8,11,13H,4-6,9-10H2,1-3H3,(H,18,20). The molecular weight excluding hydrogens is 268 g/mol. The lowest BCUT2D eigenvalue weighted by molar-refractivity contribution is 0.0440. The summed E-state index contributed by atoms with van der Waals surface area (Å²) in [5.74, 6) is 1.29. The molecule has 1 aromatic heterocycles. The fourth-order valence-electron chi connectivity index (χ4n) is 2.18. The van der Waals surface area contributed by atoms with E-state index in [2.05, 4.69) is 29.1 Å². The number of nitrogens with one attached hydrogen (secondary N) is 1. The molecular formula is C15H24N4O2. The second kappa shape index (κ2) is 7.36. The maximum Gasteiger partial charge on any atom is 0.322 e. The van der Waals surface area contributed by atoms with E-state index in [1.165, 1.54) is 0 Å². The van der Waals surface area contributed by atoms with E-state index < -0.39 is 0 Å². The van der Waals surface area contributed by atoms with E-state index in [1.54, 1.807) is 17.3 Å². The lowest BCUT2D eigenvalue weighted by atomic mass is 10.2. The molecule has 1 aliphatic rings. The number of hydrogen-bond acceptors (Lipinski definition) is 4. The summed E-state index contributed by atoms with van der Waals surface area (Å²) in [7, 11) is 0. The van der Waals surface area contributed by atoms with Gasteiger partial charge in [0.2, 0.25) is 0 Å². The second-order valence-corrected chi connectivity index (χ2v) is 5.76. The van der Waals surface area contributed by atoms with Crippen LogP contribution in [0.15, 0.2) is 12.4 Å². The van der Waals surface area contributed by atoms with Gasteiger partial charge < -0.3 is 15.0 Å². The molecule has 1 aromatic rings. The van der Waals surface area contributed by atoms with Crippen LogP contribution in [-0.2, 0) is 11.2 Å². The zero-order valence-corrected chi connectivity index (χ0v) is 13.0. The third-order valence-corrected chi connectivity index (χ3v) is 3.37. The fourth-order valence-corrected chi connectivity index (χ4v) is 2.18. The molecule has 1 N–H and O–H groups in total. The number of aryl methyl sites for hydroxylation is 1. The van der Waals surface area contributed by atoms with Gasteiger partial charge in [-0.3, -0.25) is 0 Å². The predicted octanol–water partition coefficient (Wildman–Crippen LogP) is 2.32.